The third kappa shape index (κ3) is 2.85. The molecule has 5 nitrogen and oxygen atoms in total. The van der Waals surface area contributed by atoms with E-state index in [0.29, 0.717) is 24.1 Å². The van der Waals surface area contributed by atoms with Crippen molar-refractivity contribution in [3.8, 4) is 0 Å². The highest BCUT2D eigenvalue weighted by Gasteiger charge is 2.27. The molecule has 1 N–H and O–H groups in total. The summed E-state index contributed by atoms with van der Waals surface area (Å²) >= 11 is 5.85. The van der Waals surface area contributed by atoms with Crippen molar-refractivity contribution in [3.05, 3.63) is 58.4 Å². The fourth-order valence-electron chi connectivity index (χ4n) is 2.67. The highest BCUT2D eigenvalue weighted by atomic mass is 35.5. The predicted molar refractivity (Wildman–Crippen MR) is 89.3 cm³/mol. The van der Waals surface area contributed by atoms with Crippen molar-refractivity contribution in [2.45, 2.75) is 11.3 Å². The third-order valence-corrected chi connectivity index (χ3v) is 5.75. The Kier molecular flexibility index (Phi) is 4.23. The first kappa shape index (κ1) is 16.7. The molecule has 0 aliphatic carbocycles. The number of carbonyl (C=O) groups excluding carboxylic acids is 1. The molecule has 1 aliphatic rings. The molecule has 0 atom stereocenters. The molecule has 1 heterocycles. The van der Waals surface area contributed by atoms with Gasteiger partial charge in [-0.05, 0) is 36.2 Å². The van der Waals surface area contributed by atoms with Crippen molar-refractivity contribution in [2.24, 2.45) is 0 Å². The number of hydrogen-bond donors (Lipinski definition) is 1. The van der Waals surface area contributed by atoms with Crippen LogP contribution < -0.4 is 4.72 Å². The van der Waals surface area contributed by atoms with Gasteiger partial charge in [0.1, 0.15) is 10.7 Å². The van der Waals surface area contributed by atoms with Gasteiger partial charge in [-0.25, -0.2) is 12.8 Å². The molecule has 1 aliphatic heterocycles. The summed E-state index contributed by atoms with van der Waals surface area (Å²) in [6.07, 6.45) is 0.501. The van der Waals surface area contributed by atoms with Crippen LogP contribution in [0.5, 0.6) is 0 Å². The molecule has 24 heavy (non-hydrogen) atoms. The van der Waals surface area contributed by atoms with Gasteiger partial charge in [-0.2, -0.15) is 0 Å². The number of hydrogen-bond acceptors (Lipinski definition) is 3. The van der Waals surface area contributed by atoms with Crippen LogP contribution in [0.4, 0.5) is 10.1 Å². The molecule has 2 aromatic rings. The molecule has 0 saturated carbocycles. The van der Waals surface area contributed by atoms with Crippen molar-refractivity contribution in [1.29, 1.82) is 0 Å². The minimum absolute atomic E-state index is 0.179. The number of anilines is 1. The Morgan fingerprint density at radius 3 is 2.62 bits per heavy atom. The SMILES string of the molecule is CN1CCc2c(NS(=O)(=O)c3c(F)cccc3Cl)cccc2C1=O. The molecule has 0 saturated heterocycles. The van der Waals surface area contributed by atoms with Gasteiger partial charge in [0.15, 0.2) is 0 Å². The lowest BCUT2D eigenvalue weighted by Crippen LogP contribution is -2.34. The summed E-state index contributed by atoms with van der Waals surface area (Å²) in [6, 6.07) is 8.43. The van der Waals surface area contributed by atoms with E-state index in [4.69, 9.17) is 11.6 Å². The lowest BCUT2D eigenvalue weighted by atomic mass is 9.98. The Labute approximate surface area is 144 Å². The van der Waals surface area contributed by atoms with E-state index < -0.39 is 20.7 Å². The van der Waals surface area contributed by atoms with Crippen LogP contribution in [0.25, 0.3) is 0 Å². The van der Waals surface area contributed by atoms with Crippen LogP contribution >= 0.6 is 11.6 Å². The quantitative estimate of drug-likeness (QED) is 0.905. The Hall–Kier alpha value is -2.12. The molecule has 1 amide bonds. The zero-order valence-electron chi connectivity index (χ0n) is 12.7. The summed E-state index contributed by atoms with van der Waals surface area (Å²) < 4.78 is 41.4. The molecule has 0 unspecified atom stereocenters. The summed E-state index contributed by atoms with van der Waals surface area (Å²) in [7, 11) is -2.54. The molecule has 8 heteroatoms. The number of fused-ring (bicyclic) bond motifs is 1. The molecular weight excluding hydrogens is 355 g/mol. The number of carbonyl (C=O) groups is 1. The molecule has 0 aromatic heterocycles. The zero-order valence-corrected chi connectivity index (χ0v) is 14.3. The average Bonchev–Trinajstić information content (AvgIpc) is 2.50. The molecule has 126 valence electrons. The van der Waals surface area contributed by atoms with E-state index in [0.717, 1.165) is 6.07 Å². The molecular formula is C16H14ClFN2O3S. The van der Waals surface area contributed by atoms with Crippen LogP contribution in [-0.2, 0) is 16.4 Å². The van der Waals surface area contributed by atoms with E-state index in [1.165, 1.54) is 12.1 Å². The van der Waals surface area contributed by atoms with Crippen LogP contribution in [0.1, 0.15) is 15.9 Å². The Morgan fingerprint density at radius 1 is 1.21 bits per heavy atom. The van der Waals surface area contributed by atoms with Gasteiger partial charge < -0.3 is 4.90 Å². The van der Waals surface area contributed by atoms with Crippen molar-refractivity contribution >= 4 is 33.2 Å². The minimum Gasteiger partial charge on any atom is -0.341 e. The second-order valence-electron chi connectivity index (χ2n) is 5.46. The molecule has 0 fully saturated rings. The number of halogens is 2. The van der Waals surface area contributed by atoms with Gasteiger partial charge in [0.2, 0.25) is 0 Å². The minimum atomic E-state index is -4.22. The lowest BCUT2D eigenvalue weighted by Gasteiger charge is -2.26. The van der Waals surface area contributed by atoms with Gasteiger partial charge >= 0.3 is 0 Å². The second kappa shape index (κ2) is 6.07. The predicted octanol–water partition coefficient (Wildman–Crippen LogP) is 2.91. The maximum atomic E-state index is 13.9. The first-order chi connectivity index (χ1) is 11.3. The standard InChI is InChI=1S/C16H14ClFN2O3S/c1-20-9-8-10-11(16(20)21)4-2-7-14(10)19-24(22,23)15-12(17)5-3-6-13(15)18/h2-7,19H,8-9H2,1H3. The highest BCUT2D eigenvalue weighted by Crippen LogP contribution is 2.30. The number of benzene rings is 2. The second-order valence-corrected chi connectivity index (χ2v) is 7.49. The zero-order chi connectivity index (χ0) is 17.5. The van der Waals surface area contributed by atoms with Crippen LogP contribution in [-0.4, -0.2) is 32.8 Å². The molecule has 0 spiro atoms. The van der Waals surface area contributed by atoms with E-state index >= 15 is 0 Å². The number of rotatable bonds is 3. The number of nitrogens with zero attached hydrogens (tertiary/aromatic N) is 1. The molecule has 0 radical (unpaired) electrons. The number of sulfonamides is 1. The molecule has 0 bridgehead atoms. The van der Waals surface area contributed by atoms with Crippen molar-refractivity contribution in [1.82, 2.24) is 4.90 Å². The summed E-state index contributed by atoms with van der Waals surface area (Å²) in [5.74, 6) is -1.11. The van der Waals surface area contributed by atoms with Crippen molar-refractivity contribution in [2.75, 3.05) is 18.3 Å². The first-order valence-electron chi connectivity index (χ1n) is 7.15. The fourth-order valence-corrected chi connectivity index (χ4v) is 4.37. The highest BCUT2D eigenvalue weighted by molar-refractivity contribution is 7.92. The average molecular weight is 369 g/mol. The van der Waals surface area contributed by atoms with Gasteiger partial charge in [-0.3, -0.25) is 9.52 Å². The normalized spacial score (nSPS) is 14.5. The lowest BCUT2D eigenvalue weighted by molar-refractivity contribution is 0.0781. The maximum absolute atomic E-state index is 13.9. The summed E-state index contributed by atoms with van der Waals surface area (Å²) in [5.41, 5.74) is 1.29. The molecule has 2 aromatic carbocycles. The van der Waals surface area contributed by atoms with Crippen LogP contribution in [0.3, 0.4) is 0 Å². The number of nitrogens with one attached hydrogen (secondary N) is 1. The van der Waals surface area contributed by atoms with E-state index in [9.17, 15) is 17.6 Å². The van der Waals surface area contributed by atoms with Crippen LogP contribution in [0, 0.1) is 5.82 Å². The van der Waals surface area contributed by atoms with Gasteiger partial charge in [0.25, 0.3) is 15.9 Å². The summed E-state index contributed by atoms with van der Waals surface area (Å²) in [5, 5.41) is -0.205. The maximum Gasteiger partial charge on any atom is 0.266 e. The van der Waals surface area contributed by atoms with Gasteiger partial charge in [0.05, 0.1) is 10.7 Å². The third-order valence-electron chi connectivity index (χ3n) is 3.88. The van der Waals surface area contributed by atoms with Crippen LogP contribution in [0.2, 0.25) is 5.02 Å². The smallest absolute Gasteiger partial charge is 0.266 e. The van der Waals surface area contributed by atoms with E-state index in [1.54, 1.807) is 30.1 Å². The van der Waals surface area contributed by atoms with Crippen molar-refractivity contribution in [3.63, 3.8) is 0 Å². The van der Waals surface area contributed by atoms with Gasteiger partial charge in [-0.15, -0.1) is 0 Å². The van der Waals surface area contributed by atoms with Crippen LogP contribution in [0.15, 0.2) is 41.3 Å². The molecule has 3 rings (SSSR count). The fraction of sp³-hybridized carbons (Fsp3) is 0.188. The Morgan fingerprint density at radius 2 is 1.92 bits per heavy atom. The largest absolute Gasteiger partial charge is 0.341 e. The van der Waals surface area contributed by atoms with Gasteiger partial charge in [-0.1, -0.05) is 23.7 Å². The van der Waals surface area contributed by atoms with Crippen molar-refractivity contribution < 1.29 is 17.6 Å². The number of likely N-dealkylation sites (N-methyl/N-ethyl adjacent to an activating group) is 1. The topological polar surface area (TPSA) is 66.5 Å². The Balaban J connectivity index is 2.05. The number of amides is 1. The summed E-state index contributed by atoms with van der Waals surface area (Å²) in [6.45, 7) is 0.477. The van der Waals surface area contributed by atoms with E-state index in [2.05, 4.69) is 4.72 Å². The first-order valence-corrected chi connectivity index (χ1v) is 9.01. The monoisotopic (exact) mass is 368 g/mol. The van der Waals surface area contributed by atoms with Gasteiger partial charge in [0, 0.05) is 19.2 Å². The summed E-state index contributed by atoms with van der Waals surface area (Å²) in [4.78, 5) is 13.1. The van der Waals surface area contributed by atoms with E-state index in [1.807, 2.05) is 0 Å². The Bertz CT molecular complexity index is 911. The van der Waals surface area contributed by atoms with E-state index in [-0.39, 0.29) is 16.6 Å².